The first kappa shape index (κ1) is 19.2. The van der Waals surface area contributed by atoms with Gasteiger partial charge in [-0.15, -0.1) is 0 Å². The molecule has 1 aliphatic rings. The van der Waals surface area contributed by atoms with Gasteiger partial charge in [0.25, 0.3) is 5.91 Å². The molecule has 1 amide bonds. The highest BCUT2D eigenvalue weighted by molar-refractivity contribution is 6.01. The summed E-state index contributed by atoms with van der Waals surface area (Å²) in [6.45, 7) is 8.92. The average molecular weight is 348 g/mol. The summed E-state index contributed by atoms with van der Waals surface area (Å²) in [5.74, 6) is -0.0141. The molecular formula is C19H28N2O4. The van der Waals surface area contributed by atoms with Crippen LogP contribution in [0.15, 0.2) is 0 Å². The Hall–Kier alpha value is -2.11. The third-order valence-electron chi connectivity index (χ3n) is 5.38. The number of aromatic amines is 1. The van der Waals surface area contributed by atoms with E-state index < -0.39 is 5.97 Å². The number of ether oxygens (including phenoxy) is 1. The molecule has 6 heteroatoms. The van der Waals surface area contributed by atoms with Crippen molar-refractivity contribution >= 4 is 17.7 Å². The van der Waals surface area contributed by atoms with Crippen molar-refractivity contribution in [2.24, 2.45) is 11.8 Å². The summed E-state index contributed by atoms with van der Waals surface area (Å²) in [7, 11) is 0. The van der Waals surface area contributed by atoms with E-state index in [1.165, 1.54) is 13.3 Å². The van der Waals surface area contributed by atoms with Gasteiger partial charge in [0.2, 0.25) is 0 Å². The molecule has 1 aromatic rings. The highest BCUT2D eigenvalue weighted by atomic mass is 16.5. The SMILES string of the molecule is CC(=O)c1c(C)[nH]c(C(=O)OCC(=O)N[C@@H]2CCC[C@@H](C)[C@H]2C)c1C. The lowest BCUT2D eigenvalue weighted by atomic mass is 9.78. The number of esters is 1. The zero-order valence-electron chi connectivity index (χ0n) is 15.7. The summed E-state index contributed by atoms with van der Waals surface area (Å²) in [4.78, 5) is 38.9. The normalized spacial score (nSPS) is 23.2. The van der Waals surface area contributed by atoms with Crippen molar-refractivity contribution in [1.82, 2.24) is 10.3 Å². The lowest BCUT2D eigenvalue weighted by Gasteiger charge is -2.34. The first-order valence-corrected chi connectivity index (χ1v) is 8.89. The standard InChI is InChI=1S/C19H28N2O4/c1-10-7-6-8-15(11(10)2)21-16(23)9-25-19(24)18-12(3)17(14(5)22)13(4)20-18/h10-11,15,20H,6-9H2,1-5H3,(H,21,23)/t10-,11-,15-/m1/s1. The summed E-state index contributed by atoms with van der Waals surface area (Å²) < 4.78 is 5.13. The molecule has 1 heterocycles. The van der Waals surface area contributed by atoms with Crippen LogP contribution in [0, 0.1) is 25.7 Å². The molecule has 0 bridgehead atoms. The molecule has 1 aromatic heterocycles. The predicted octanol–water partition coefficient (Wildman–Crippen LogP) is 2.93. The lowest BCUT2D eigenvalue weighted by molar-refractivity contribution is -0.125. The van der Waals surface area contributed by atoms with Gasteiger partial charge < -0.3 is 15.0 Å². The number of carbonyl (C=O) groups is 3. The van der Waals surface area contributed by atoms with Gasteiger partial charge in [-0.2, -0.15) is 0 Å². The minimum atomic E-state index is -0.617. The van der Waals surface area contributed by atoms with Crippen LogP contribution in [-0.2, 0) is 9.53 Å². The Morgan fingerprint density at radius 2 is 1.88 bits per heavy atom. The van der Waals surface area contributed by atoms with Crippen molar-refractivity contribution in [3.05, 3.63) is 22.5 Å². The number of amides is 1. The van der Waals surface area contributed by atoms with Crippen molar-refractivity contribution < 1.29 is 19.1 Å². The van der Waals surface area contributed by atoms with Gasteiger partial charge in [-0.25, -0.2) is 4.79 Å². The maximum absolute atomic E-state index is 12.2. The second kappa shape index (κ2) is 7.85. The van der Waals surface area contributed by atoms with Crippen LogP contribution >= 0.6 is 0 Å². The van der Waals surface area contributed by atoms with E-state index in [2.05, 4.69) is 24.1 Å². The summed E-state index contributed by atoms with van der Waals surface area (Å²) >= 11 is 0. The zero-order chi connectivity index (χ0) is 18.7. The molecule has 0 radical (unpaired) electrons. The summed E-state index contributed by atoms with van der Waals surface area (Å²) in [6, 6.07) is 0.133. The minimum Gasteiger partial charge on any atom is -0.451 e. The highest BCUT2D eigenvalue weighted by Gasteiger charge is 2.28. The van der Waals surface area contributed by atoms with E-state index in [1.807, 2.05) is 0 Å². The molecule has 6 nitrogen and oxygen atoms in total. The average Bonchev–Trinajstić information content (AvgIpc) is 2.84. The van der Waals surface area contributed by atoms with Crippen molar-refractivity contribution in [3.63, 3.8) is 0 Å². The summed E-state index contributed by atoms with van der Waals surface area (Å²) in [6.07, 6.45) is 3.25. The van der Waals surface area contributed by atoms with E-state index in [0.29, 0.717) is 28.7 Å². The second-order valence-corrected chi connectivity index (χ2v) is 7.20. The Labute approximate surface area is 148 Å². The fraction of sp³-hybridized carbons (Fsp3) is 0.632. The van der Waals surface area contributed by atoms with Gasteiger partial charge in [0.15, 0.2) is 12.4 Å². The number of carbonyl (C=O) groups excluding carboxylic acids is 3. The fourth-order valence-electron chi connectivity index (χ4n) is 3.72. The molecular weight excluding hydrogens is 320 g/mol. The van der Waals surface area contributed by atoms with E-state index in [0.717, 1.165) is 12.8 Å². The minimum absolute atomic E-state index is 0.108. The zero-order valence-corrected chi connectivity index (χ0v) is 15.7. The lowest BCUT2D eigenvalue weighted by Crippen LogP contribution is -2.45. The van der Waals surface area contributed by atoms with Crippen LogP contribution in [-0.4, -0.2) is 35.3 Å². The maximum atomic E-state index is 12.2. The topological polar surface area (TPSA) is 88.3 Å². The van der Waals surface area contributed by atoms with Crippen LogP contribution in [0.25, 0.3) is 0 Å². The number of aromatic nitrogens is 1. The molecule has 0 spiro atoms. The van der Waals surface area contributed by atoms with E-state index in [4.69, 9.17) is 4.74 Å². The van der Waals surface area contributed by atoms with E-state index in [1.54, 1.807) is 13.8 Å². The number of aryl methyl sites for hydroxylation is 1. The Bertz CT molecular complexity index is 677. The van der Waals surface area contributed by atoms with Gasteiger partial charge in [-0.05, 0) is 44.6 Å². The third kappa shape index (κ3) is 4.30. The maximum Gasteiger partial charge on any atom is 0.355 e. The van der Waals surface area contributed by atoms with E-state index >= 15 is 0 Å². The monoisotopic (exact) mass is 348 g/mol. The number of hydrogen-bond acceptors (Lipinski definition) is 4. The molecule has 0 aliphatic heterocycles. The van der Waals surface area contributed by atoms with Gasteiger partial charge >= 0.3 is 5.97 Å². The molecule has 138 valence electrons. The Kier molecular flexibility index (Phi) is 6.03. The summed E-state index contributed by atoms with van der Waals surface area (Å²) in [5, 5.41) is 2.97. The number of nitrogens with one attached hydrogen (secondary N) is 2. The van der Waals surface area contributed by atoms with Crippen LogP contribution in [0.1, 0.15) is 72.1 Å². The molecule has 0 saturated heterocycles. The van der Waals surface area contributed by atoms with Crippen molar-refractivity contribution in [2.45, 2.75) is 59.9 Å². The van der Waals surface area contributed by atoms with Crippen LogP contribution < -0.4 is 5.32 Å². The van der Waals surface area contributed by atoms with Gasteiger partial charge in [-0.1, -0.05) is 26.7 Å². The van der Waals surface area contributed by atoms with E-state index in [9.17, 15) is 14.4 Å². The first-order valence-electron chi connectivity index (χ1n) is 8.89. The van der Waals surface area contributed by atoms with Gasteiger partial charge in [0, 0.05) is 17.3 Å². The van der Waals surface area contributed by atoms with Crippen LogP contribution in [0.2, 0.25) is 0 Å². The van der Waals surface area contributed by atoms with Crippen LogP contribution in [0.3, 0.4) is 0 Å². The molecule has 1 saturated carbocycles. The summed E-state index contributed by atoms with van der Waals surface area (Å²) in [5.41, 5.74) is 1.92. The van der Waals surface area contributed by atoms with Crippen molar-refractivity contribution in [1.29, 1.82) is 0 Å². The fourth-order valence-corrected chi connectivity index (χ4v) is 3.72. The Balaban J connectivity index is 1.93. The highest BCUT2D eigenvalue weighted by Crippen LogP contribution is 2.29. The number of ketones is 1. The Morgan fingerprint density at radius 3 is 2.48 bits per heavy atom. The number of hydrogen-bond donors (Lipinski definition) is 2. The van der Waals surface area contributed by atoms with Crippen LogP contribution in [0.4, 0.5) is 0 Å². The molecule has 3 atom stereocenters. The smallest absolute Gasteiger partial charge is 0.355 e. The predicted molar refractivity (Wildman–Crippen MR) is 94.7 cm³/mol. The van der Waals surface area contributed by atoms with E-state index in [-0.39, 0.29) is 30.0 Å². The number of rotatable bonds is 5. The quantitative estimate of drug-likeness (QED) is 0.632. The second-order valence-electron chi connectivity index (χ2n) is 7.20. The Morgan fingerprint density at radius 1 is 1.20 bits per heavy atom. The molecule has 0 aromatic carbocycles. The molecule has 1 aliphatic carbocycles. The number of H-pyrrole nitrogens is 1. The third-order valence-corrected chi connectivity index (χ3v) is 5.38. The van der Waals surface area contributed by atoms with Gasteiger partial charge in [-0.3, -0.25) is 9.59 Å². The molecule has 25 heavy (non-hydrogen) atoms. The van der Waals surface area contributed by atoms with Gasteiger partial charge in [0.1, 0.15) is 5.69 Å². The molecule has 2 N–H and O–H groups in total. The van der Waals surface area contributed by atoms with Crippen molar-refractivity contribution in [3.8, 4) is 0 Å². The largest absolute Gasteiger partial charge is 0.451 e. The van der Waals surface area contributed by atoms with Crippen molar-refractivity contribution in [2.75, 3.05) is 6.61 Å². The molecule has 2 rings (SSSR count). The van der Waals surface area contributed by atoms with Gasteiger partial charge in [0.05, 0.1) is 0 Å². The van der Waals surface area contributed by atoms with Crippen LogP contribution in [0.5, 0.6) is 0 Å². The molecule has 0 unspecified atom stereocenters. The molecule has 1 fully saturated rings. The number of Topliss-reactive ketones (excluding diaryl/α,β-unsaturated/α-hetero) is 1. The first-order chi connectivity index (χ1) is 11.7.